The van der Waals surface area contributed by atoms with E-state index in [1.54, 1.807) is 16.9 Å². The monoisotopic (exact) mass is 1150 g/mol. The molecule has 0 fully saturated rings. The Morgan fingerprint density at radius 1 is 0.440 bits per heavy atom. The molecule has 0 unspecified atom stereocenters. The average Bonchev–Trinajstić information content (AvgIpc) is 3.58. The fourth-order valence-electron chi connectivity index (χ4n) is 9.43. The summed E-state index contributed by atoms with van der Waals surface area (Å²) in [5.41, 5.74) is 22.7. The number of pyridine rings is 1. The molecule has 4 aromatic carbocycles. The molecule has 2 aliphatic rings. The number of aromatic amines is 1. The second-order valence-corrected chi connectivity index (χ2v) is 31.3. The Balaban J connectivity index is 0.000000217. The predicted molar refractivity (Wildman–Crippen MR) is 375 cm³/mol. The number of allylic oxidation sites excluding steroid dienone is 1. The molecule has 0 amide bonds. The zero-order valence-electron chi connectivity index (χ0n) is 58.3. The van der Waals surface area contributed by atoms with Gasteiger partial charge in [-0.25, -0.2) is 4.98 Å². The summed E-state index contributed by atoms with van der Waals surface area (Å²) in [6.07, 6.45) is 6.56. The van der Waals surface area contributed by atoms with E-state index in [0.717, 1.165) is 18.5 Å². The molecule has 84 heavy (non-hydrogen) atoms. The molecule has 0 saturated carbocycles. The van der Waals surface area contributed by atoms with Gasteiger partial charge in [0.2, 0.25) is 0 Å². The molecule has 3 aromatic heterocycles. The number of rotatable bonds is 8. The standard InChI is InChI=1S/C16H22.C15H21N.C14H19N.C13H20.C12H19N.C9H15NS/c1-11(2)13-8-12-6-7-15(16(3,4)5)10-14(12)9-13;1-10(2)13-8-11-6-7-12(15(3,4)5)9-14(11)16-13;1-9(2)11-5-6-12-8-13(10(3)4)15-14(12)7-11;1-10(2)11-6-8-12(9-7-11)13(3,4)5;1-9(2)10-6-7-11(13-8-10)12(3,4)5;1-6(2)8-5-11-9(10-8)7(3)4/h6-7,9-11H,8H2,1-5H3;6-7,9-10H,8H2,1-5H3;5-10,15H,1-4H3;6-10H,1-5H3;6-9H,1-5H3;5-7H,1-4H3. The van der Waals surface area contributed by atoms with Crippen molar-refractivity contribution in [2.24, 2.45) is 16.8 Å². The first-order chi connectivity index (χ1) is 38.8. The molecule has 0 spiro atoms. The van der Waals surface area contributed by atoms with Crippen molar-refractivity contribution in [3.8, 4) is 0 Å². The molecular formula is C79H116N4S. The lowest BCUT2D eigenvalue weighted by Gasteiger charge is -2.19. The number of nitrogens with one attached hydrogen (secondary N) is 1. The topological polar surface area (TPSA) is 53.9 Å². The van der Waals surface area contributed by atoms with Crippen LogP contribution in [-0.4, -0.2) is 20.7 Å². The van der Waals surface area contributed by atoms with Gasteiger partial charge in [0.1, 0.15) is 0 Å². The van der Waals surface area contributed by atoms with Crippen LogP contribution in [0.2, 0.25) is 0 Å². The molecule has 1 aliphatic carbocycles. The molecule has 1 aliphatic heterocycles. The van der Waals surface area contributed by atoms with E-state index in [0.29, 0.717) is 47.3 Å². The molecule has 0 saturated heterocycles. The predicted octanol–water partition coefficient (Wildman–Crippen LogP) is 24.3. The van der Waals surface area contributed by atoms with Crippen molar-refractivity contribution in [3.05, 3.63) is 186 Å². The fraction of sp³-hybridized carbons (Fsp3) is 0.532. The van der Waals surface area contributed by atoms with Crippen molar-refractivity contribution in [2.45, 2.75) is 264 Å². The highest BCUT2D eigenvalue weighted by molar-refractivity contribution is 7.09. The minimum Gasteiger partial charge on any atom is -0.358 e. The molecule has 5 heteroatoms. The molecule has 458 valence electrons. The summed E-state index contributed by atoms with van der Waals surface area (Å²) in [6.45, 7) is 62.3. The first kappa shape index (κ1) is 71.1. The van der Waals surface area contributed by atoms with Gasteiger partial charge in [-0.2, -0.15) is 0 Å². The molecule has 1 N–H and O–H groups in total. The van der Waals surface area contributed by atoms with Gasteiger partial charge in [-0.1, -0.05) is 278 Å². The summed E-state index contributed by atoms with van der Waals surface area (Å²) >= 11 is 1.77. The summed E-state index contributed by atoms with van der Waals surface area (Å²) in [6, 6.07) is 36.0. The Bertz CT molecular complexity index is 3010. The van der Waals surface area contributed by atoms with E-state index in [9.17, 15) is 0 Å². The molecule has 7 aromatic rings. The maximum absolute atomic E-state index is 4.74. The van der Waals surface area contributed by atoms with Crippen molar-refractivity contribution < 1.29 is 0 Å². The molecule has 9 rings (SSSR count). The average molecular weight is 1150 g/mol. The third kappa shape index (κ3) is 21.5. The van der Waals surface area contributed by atoms with Crippen LogP contribution in [0.25, 0.3) is 17.0 Å². The van der Waals surface area contributed by atoms with Crippen LogP contribution in [0.1, 0.15) is 302 Å². The largest absolute Gasteiger partial charge is 0.358 e. The molecule has 4 heterocycles. The van der Waals surface area contributed by atoms with Crippen LogP contribution in [0.3, 0.4) is 0 Å². The number of hydrogen-bond acceptors (Lipinski definition) is 4. The van der Waals surface area contributed by atoms with E-state index in [2.05, 4.69) is 317 Å². The van der Waals surface area contributed by atoms with Crippen LogP contribution >= 0.6 is 11.3 Å². The summed E-state index contributed by atoms with van der Waals surface area (Å²) in [5, 5.41) is 4.75. The number of benzene rings is 4. The minimum absolute atomic E-state index is 0.162. The van der Waals surface area contributed by atoms with Gasteiger partial charge in [0.05, 0.1) is 16.4 Å². The van der Waals surface area contributed by atoms with Gasteiger partial charge in [-0.15, -0.1) is 11.3 Å². The molecule has 4 nitrogen and oxygen atoms in total. The van der Waals surface area contributed by atoms with Gasteiger partial charge in [-0.3, -0.25) is 9.98 Å². The maximum Gasteiger partial charge on any atom is 0.0953 e. The van der Waals surface area contributed by atoms with Crippen LogP contribution in [0, 0.1) is 11.8 Å². The smallest absolute Gasteiger partial charge is 0.0953 e. The summed E-state index contributed by atoms with van der Waals surface area (Å²) in [5.74, 6) is 4.75. The third-order valence-electron chi connectivity index (χ3n) is 16.0. The van der Waals surface area contributed by atoms with Crippen LogP contribution < -0.4 is 0 Å². The van der Waals surface area contributed by atoms with Gasteiger partial charge in [0.25, 0.3) is 0 Å². The van der Waals surface area contributed by atoms with E-state index < -0.39 is 0 Å². The SMILES string of the molecule is CC(C)C1=Cc2cc(C(C)(C)C)ccc2C1.CC(C)C1=Nc2cc(C(C)(C)C)ccc2C1.CC(C)c1ccc(C(C)(C)C)cc1.CC(C)c1ccc(C(C)(C)C)nc1.CC(C)c1ccc2cc(C(C)C)[nH]c2c1.CC(C)c1csc(C(C)C)n1. The summed E-state index contributed by atoms with van der Waals surface area (Å²) < 4.78 is 0. The Morgan fingerprint density at radius 3 is 1.40 bits per heavy atom. The van der Waals surface area contributed by atoms with Crippen molar-refractivity contribution in [1.29, 1.82) is 0 Å². The van der Waals surface area contributed by atoms with Crippen molar-refractivity contribution in [3.63, 3.8) is 0 Å². The van der Waals surface area contributed by atoms with Crippen molar-refractivity contribution in [1.82, 2.24) is 15.0 Å². The first-order valence-corrected chi connectivity index (χ1v) is 32.8. The van der Waals surface area contributed by atoms with Gasteiger partial charge in [0, 0.05) is 51.9 Å². The zero-order chi connectivity index (χ0) is 63.4. The van der Waals surface area contributed by atoms with Crippen LogP contribution in [0.15, 0.2) is 119 Å². The number of aliphatic imine (C=N–C) groups is 1. The third-order valence-corrected chi connectivity index (χ3v) is 17.2. The quantitative estimate of drug-likeness (QED) is 0.165. The second-order valence-electron chi connectivity index (χ2n) is 30.5. The lowest BCUT2D eigenvalue weighted by atomic mass is 9.85. The summed E-state index contributed by atoms with van der Waals surface area (Å²) in [4.78, 5) is 17.2. The van der Waals surface area contributed by atoms with Gasteiger partial charge in [-0.05, 0) is 144 Å². The number of hydrogen-bond donors (Lipinski definition) is 1. The second kappa shape index (κ2) is 30.3. The summed E-state index contributed by atoms with van der Waals surface area (Å²) in [7, 11) is 0. The molecule has 0 atom stereocenters. The van der Waals surface area contributed by atoms with E-state index in [1.807, 2.05) is 6.20 Å². The van der Waals surface area contributed by atoms with E-state index in [4.69, 9.17) is 4.99 Å². The van der Waals surface area contributed by atoms with Crippen molar-refractivity contribution in [2.75, 3.05) is 0 Å². The number of H-pyrrole nitrogens is 1. The molecule has 0 bridgehead atoms. The number of fused-ring (bicyclic) bond motifs is 3. The van der Waals surface area contributed by atoms with Crippen LogP contribution in [0.5, 0.6) is 0 Å². The van der Waals surface area contributed by atoms with Crippen molar-refractivity contribution >= 4 is 39.7 Å². The first-order valence-electron chi connectivity index (χ1n) is 32.0. The minimum atomic E-state index is 0.162. The van der Waals surface area contributed by atoms with Crippen LogP contribution in [0.4, 0.5) is 5.69 Å². The maximum atomic E-state index is 4.74. The fourth-order valence-corrected chi connectivity index (χ4v) is 10.4. The van der Waals surface area contributed by atoms with Gasteiger partial charge >= 0.3 is 0 Å². The Labute approximate surface area is 518 Å². The number of aromatic nitrogens is 3. The Kier molecular flexibility index (Phi) is 25.6. The van der Waals surface area contributed by atoms with E-state index >= 15 is 0 Å². The highest BCUT2D eigenvalue weighted by Gasteiger charge is 2.22. The van der Waals surface area contributed by atoms with Gasteiger partial charge in [0.15, 0.2) is 0 Å². The molecular weight excluding hydrogens is 1040 g/mol. The highest BCUT2D eigenvalue weighted by Crippen LogP contribution is 2.36. The Hall–Kier alpha value is -5.39. The van der Waals surface area contributed by atoms with E-state index in [-0.39, 0.29) is 21.7 Å². The zero-order valence-corrected chi connectivity index (χ0v) is 59.1. The Morgan fingerprint density at radius 2 is 0.964 bits per heavy atom. The molecule has 0 radical (unpaired) electrons. The van der Waals surface area contributed by atoms with Crippen LogP contribution in [-0.2, 0) is 34.5 Å². The lowest BCUT2D eigenvalue weighted by Crippen LogP contribution is -2.13. The highest BCUT2D eigenvalue weighted by atomic mass is 32.1. The van der Waals surface area contributed by atoms with Gasteiger partial charge < -0.3 is 4.98 Å². The number of thiazole rings is 1. The lowest BCUT2D eigenvalue weighted by molar-refractivity contribution is 0.567. The van der Waals surface area contributed by atoms with E-state index in [1.165, 1.54) is 88.8 Å². The normalized spacial score (nSPS) is 13.2. The number of nitrogens with zero attached hydrogens (tertiary/aromatic N) is 3.